The van der Waals surface area contributed by atoms with E-state index in [-0.39, 0.29) is 6.42 Å². The molecule has 1 aromatic rings. The fourth-order valence-electron chi connectivity index (χ4n) is 2.69. The summed E-state index contributed by atoms with van der Waals surface area (Å²) in [6, 6.07) is 5.25. The Labute approximate surface area is 139 Å². The van der Waals surface area contributed by atoms with E-state index < -0.39 is 24.7 Å². The van der Waals surface area contributed by atoms with Gasteiger partial charge in [0.25, 0.3) is 0 Å². The van der Waals surface area contributed by atoms with Gasteiger partial charge in [0.05, 0.1) is 13.5 Å². The summed E-state index contributed by atoms with van der Waals surface area (Å²) in [5, 5.41) is 5.43. The Morgan fingerprint density at radius 2 is 2.08 bits per heavy atom. The topological polar surface area (TPSA) is 53.6 Å². The van der Waals surface area contributed by atoms with Gasteiger partial charge in [-0.15, -0.1) is 0 Å². The molecule has 1 heterocycles. The van der Waals surface area contributed by atoms with Gasteiger partial charge in [0, 0.05) is 32.7 Å². The molecule has 0 radical (unpaired) electrons. The van der Waals surface area contributed by atoms with Gasteiger partial charge in [-0.1, -0.05) is 12.1 Å². The molecule has 5 nitrogen and oxygen atoms in total. The third-order valence-corrected chi connectivity index (χ3v) is 3.96. The van der Waals surface area contributed by atoms with Crippen molar-refractivity contribution < 1.29 is 22.7 Å². The van der Waals surface area contributed by atoms with Gasteiger partial charge >= 0.3 is 6.18 Å². The van der Waals surface area contributed by atoms with Gasteiger partial charge in [0.2, 0.25) is 5.91 Å². The lowest BCUT2D eigenvalue weighted by atomic mass is 10.1. The number of nitrogens with one attached hydrogen (secondary N) is 2. The lowest BCUT2D eigenvalue weighted by Gasteiger charge is -2.35. The quantitative estimate of drug-likeness (QED) is 0.813. The minimum atomic E-state index is -4.37. The first-order valence-electron chi connectivity index (χ1n) is 7.81. The Bertz CT molecular complexity index is 546. The summed E-state index contributed by atoms with van der Waals surface area (Å²) in [6.45, 7) is 1.23. The molecule has 0 saturated carbocycles. The van der Waals surface area contributed by atoms with Crippen molar-refractivity contribution in [3.8, 4) is 5.75 Å². The fraction of sp³-hybridized carbons (Fsp3) is 0.562. The average molecular weight is 345 g/mol. The number of piperazine rings is 1. The number of carbonyl (C=O) groups excluding carboxylic acids is 1. The van der Waals surface area contributed by atoms with E-state index in [1.54, 1.807) is 24.3 Å². The van der Waals surface area contributed by atoms with Crippen LogP contribution in [0.15, 0.2) is 24.3 Å². The van der Waals surface area contributed by atoms with Crippen LogP contribution in [0.1, 0.15) is 5.56 Å². The van der Waals surface area contributed by atoms with Crippen LogP contribution >= 0.6 is 0 Å². The van der Waals surface area contributed by atoms with Crippen molar-refractivity contribution >= 4 is 5.91 Å². The lowest BCUT2D eigenvalue weighted by Crippen LogP contribution is -2.57. The summed E-state index contributed by atoms with van der Waals surface area (Å²) in [4.78, 5) is 13.3. The number of hydrogen-bond acceptors (Lipinski definition) is 4. The highest BCUT2D eigenvalue weighted by Crippen LogP contribution is 2.24. The number of carbonyl (C=O) groups is 1. The second kappa shape index (κ2) is 8.34. The number of alkyl halides is 3. The molecule has 0 bridgehead atoms. The highest BCUT2D eigenvalue weighted by Gasteiger charge is 2.43. The van der Waals surface area contributed by atoms with Gasteiger partial charge in [-0.25, -0.2) is 0 Å². The highest BCUT2D eigenvalue weighted by molar-refractivity contribution is 5.78. The Hall–Kier alpha value is -1.80. The summed E-state index contributed by atoms with van der Waals surface area (Å²) in [5.41, 5.74) is 0.692. The van der Waals surface area contributed by atoms with Gasteiger partial charge in [0.15, 0.2) is 0 Å². The van der Waals surface area contributed by atoms with Crippen LogP contribution in [0, 0.1) is 0 Å². The molecule has 1 saturated heterocycles. The molecule has 1 aliphatic heterocycles. The van der Waals surface area contributed by atoms with E-state index >= 15 is 0 Å². The molecular formula is C16H22F3N3O2. The van der Waals surface area contributed by atoms with Gasteiger partial charge in [-0.3, -0.25) is 9.69 Å². The van der Waals surface area contributed by atoms with Crippen LogP contribution in [0.3, 0.4) is 0 Å². The maximum absolute atomic E-state index is 13.3. The summed E-state index contributed by atoms with van der Waals surface area (Å²) >= 11 is 0. The first kappa shape index (κ1) is 18.5. The van der Waals surface area contributed by atoms with Crippen molar-refractivity contribution in [3.05, 3.63) is 29.8 Å². The molecule has 8 heteroatoms. The lowest BCUT2D eigenvalue weighted by molar-refractivity contribution is -0.184. The molecule has 0 aliphatic carbocycles. The maximum Gasteiger partial charge on any atom is 0.405 e. The van der Waals surface area contributed by atoms with E-state index in [2.05, 4.69) is 10.6 Å². The number of rotatable bonds is 6. The maximum atomic E-state index is 13.3. The predicted molar refractivity (Wildman–Crippen MR) is 84.0 cm³/mol. The van der Waals surface area contributed by atoms with Crippen molar-refractivity contribution in [1.29, 1.82) is 0 Å². The Balaban J connectivity index is 1.91. The van der Waals surface area contributed by atoms with Crippen molar-refractivity contribution in [2.45, 2.75) is 18.6 Å². The van der Waals surface area contributed by atoms with Gasteiger partial charge < -0.3 is 15.4 Å². The molecule has 1 aromatic carbocycles. The number of amides is 1. The van der Waals surface area contributed by atoms with E-state index in [0.717, 1.165) is 0 Å². The van der Waals surface area contributed by atoms with E-state index in [1.165, 1.54) is 12.0 Å². The zero-order chi connectivity index (χ0) is 17.6. The second-order valence-electron chi connectivity index (χ2n) is 5.68. The Morgan fingerprint density at radius 3 is 2.71 bits per heavy atom. The van der Waals surface area contributed by atoms with Gasteiger partial charge in [-0.05, 0) is 17.7 Å². The Morgan fingerprint density at radius 1 is 1.38 bits per heavy atom. The number of ether oxygens (including phenoxy) is 1. The summed E-state index contributed by atoms with van der Waals surface area (Å²) in [5.74, 6) is 0.168. The Kier molecular flexibility index (Phi) is 6.44. The van der Waals surface area contributed by atoms with Crippen LogP contribution < -0.4 is 15.4 Å². The van der Waals surface area contributed by atoms with Crippen LogP contribution in [-0.2, 0) is 11.2 Å². The van der Waals surface area contributed by atoms with E-state index in [4.69, 9.17) is 4.74 Å². The molecule has 1 aliphatic rings. The normalized spacial score (nSPS) is 17.3. The molecule has 1 amide bonds. The molecule has 0 aromatic heterocycles. The van der Waals surface area contributed by atoms with Gasteiger partial charge in [0.1, 0.15) is 11.8 Å². The minimum absolute atomic E-state index is 0.0172. The third kappa shape index (κ3) is 5.38. The molecule has 1 unspecified atom stereocenters. The number of hydrogen-bond donors (Lipinski definition) is 2. The van der Waals surface area contributed by atoms with Crippen LogP contribution in [-0.4, -0.2) is 62.9 Å². The smallest absolute Gasteiger partial charge is 0.405 e. The molecule has 1 atom stereocenters. The SMILES string of the molecule is COc1cccc(CC(=O)NCC(N2CCNCC2)C(F)(F)F)c1. The highest BCUT2D eigenvalue weighted by atomic mass is 19.4. The van der Waals surface area contributed by atoms with Crippen molar-refractivity contribution in [2.24, 2.45) is 0 Å². The summed E-state index contributed by atoms with van der Waals surface area (Å²) in [6.07, 6.45) is -4.36. The minimum Gasteiger partial charge on any atom is -0.497 e. The summed E-state index contributed by atoms with van der Waals surface area (Å²) in [7, 11) is 1.51. The number of benzene rings is 1. The molecule has 134 valence electrons. The van der Waals surface area contributed by atoms with E-state index in [0.29, 0.717) is 37.5 Å². The number of nitrogens with zero attached hydrogens (tertiary/aromatic N) is 1. The zero-order valence-electron chi connectivity index (χ0n) is 13.5. The monoisotopic (exact) mass is 345 g/mol. The summed E-state index contributed by atoms with van der Waals surface area (Å²) < 4.78 is 44.8. The molecule has 1 fully saturated rings. The first-order chi connectivity index (χ1) is 11.4. The fourth-order valence-corrected chi connectivity index (χ4v) is 2.69. The molecule has 2 rings (SSSR count). The van der Waals surface area contributed by atoms with Crippen LogP contribution in [0.4, 0.5) is 13.2 Å². The predicted octanol–water partition coefficient (Wildman–Crippen LogP) is 1.19. The average Bonchev–Trinajstić information content (AvgIpc) is 2.55. The van der Waals surface area contributed by atoms with Crippen molar-refractivity contribution in [1.82, 2.24) is 15.5 Å². The number of methoxy groups -OCH3 is 1. The molecule has 2 N–H and O–H groups in total. The molecule has 24 heavy (non-hydrogen) atoms. The van der Waals surface area contributed by atoms with Crippen molar-refractivity contribution in [2.75, 3.05) is 39.8 Å². The van der Waals surface area contributed by atoms with Crippen LogP contribution in [0.5, 0.6) is 5.75 Å². The zero-order valence-corrected chi connectivity index (χ0v) is 13.5. The van der Waals surface area contributed by atoms with Gasteiger partial charge in [-0.2, -0.15) is 13.2 Å². The van der Waals surface area contributed by atoms with Crippen molar-refractivity contribution in [3.63, 3.8) is 0 Å². The van der Waals surface area contributed by atoms with E-state index in [9.17, 15) is 18.0 Å². The van der Waals surface area contributed by atoms with E-state index in [1.807, 2.05) is 0 Å². The largest absolute Gasteiger partial charge is 0.497 e. The van der Waals surface area contributed by atoms with Crippen LogP contribution in [0.25, 0.3) is 0 Å². The molecule has 0 spiro atoms. The molecular weight excluding hydrogens is 323 g/mol. The number of halogens is 3. The third-order valence-electron chi connectivity index (χ3n) is 3.96. The first-order valence-corrected chi connectivity index (χ1v) is 7.81. The second-order valence-corrected chi connectivity index (χ2v) is 5.68. The van der Waals surface area contributed by atoms with Crippen LogP contribution in [0.2, 0.25) is 0 Å². The standard InChI is InChI=1S/C16H22F3N3O2/c1-24-13-4-2-3-12(9-13)10-15(23)21-11-14(16(17,18)19)22-7-5-20-6-8-22/h2-4,9,14,20H,5-8,10-11H2,1H3,(H,21,23).